The minimum Gasteiger partial charge on any atom is -0.316 e. The van der Waals surface area contributed by atoms with Crippen molar-refractivity contribution >= 4 is 11.8 Å². The van der Waals surface area contributed by atoms with E-state index in [0.29, 0.717) is 10.8 Å². The Morgan fingerprint density at radius 2 is 2.19 bits per heavy atom. The quantitative estimate of drug-likeness (QED) is 0.856. The maximum atomic E-state index is 4.41. The molecule has 3 nitrogen and oxygen atoms in total. The minimum atomic E-state index is 0.333. The van der Waals surface area contributed by atoms with Crippen molar-refractivity contribution in [2.75, 3.05) is 12.8 Å². The number of aryl methyl sites for hydroxylation is 1. The van der Waals surface area contributed by atoms with Crippen molar-refractivity contribution in [3.05, 3.63) is 18.0 Å². The van der Waals surface area contributed by atoms with E-state index in [1.54, 1.807) is 0 Å². The van der Waals surface area contributed by atoms with E-state index in [1.807, 2.05) is 36.7 Å². The zero-order valence-corrected chi connectivity index (χ0v) is 11.8. The van der Waals surface area contributed by atoms with Crippen molar-refractivity contribution in [2.24, 2.45) is 7.05 Å². The van der Waals surface area contributed by atoms with Crippen molar-refractivity contribution < 1.29 is 0 Å². The number of nitrogens with one attached hydrogen (secondary N) is 1. The van der Waals surface area contributed by atoms with Crippen LogP contribution in [0.15, 0.2) is 12.3 Å². The fourth-order valence-corrected chi connectivity index (χ4v) is 2.41. The van der Waals surface area contributed by atoms with E-state index >= 15 is 0 Å². The normalized spacial score (nSPS) is 14.1. The summed E-state index contributed by atoms with van der Waals surface area (Å²) in [6, 6.07) is 2.59. The van der Waals surface area contributed by atoms with E-state index in [1.165, 1.54) is 0 Å². The van der Waals surface area contributed by atoms with Crippen LogP contribution < -0.4 is 5.32 Å². The zero-order chi connectivity index (χ0) is 12.2. The van der Waals surface area contributed by atoms with Crippen molar-refractivity contribution in [3.63, 3.8) is 0 Å². The molecule has 1 heterocycles. The molecule has 0 bridgehead atoms. The highest BCUT2D eigenvalue weighted by molar-refractivity contribution is 8.00. The van der Waals surface area contributed by atoms with Crippen LogP contribution in [0, 0.1) is 0 Å². The second kappa shape index (κ2) is 5.73. The number of nitrogens with zero attached hydrogens (tertiary/aromatic N) is 2. The molecule has 1 unspecified atom stereocenters. The monoisotopic (exact) mass is 241 g/mol. The molecule has 0 aliphatic carbocycles. The molecule has 1 aromatic rings. The van der Waals surface area contributed by atoms with Gasteiger partial charge in [0.15, 0.2) is 0 Å². The molecule has 1 atom stereocenters. The molecular weight excluding hydrogens is 218 g/mol. The van der Waals surface area contributed by atoms with Crippen LogP contribution in [0.5, 0.6) is 0 Å². The predicted octanol–water partition coefficient (Wildman–Crippen LogP) is 2.08. The number of rotatable bonds is 5. The van der Waals surface area contributed by atoms with Gasteiger partial charge in [0.05, 0.1) is 5.69 Å². The van der Waals surface area contributed by atoms with Gasteiger partial charge in [-0.15, -0.1) is 0 Å². The van der Waals surface area contributed by atoms with Crippen molar-refractivity contribution in [1.82, 2.24) is 15.1 Å². The number of likely N-dealkylation sites (N-methyl/N-ethyl adjacent to an activating group) is 1. The molecule has 0 saturated carbocycles. The van der Waals surface area contributed by atoms with E-state index in [2.05, 4.69) is 37.3 Å². The van der Waals surface area contributed by atoms with Crippen LogP contribution >= 0.6 is 11.8 Å². The van der Waals surface area contributed by atoms with E-state index in [-0.39, 0.29) is 0 Å². The topological polar surface area (TPSA) is 29.9 Å². The van der Waals surface area contributed by atoms with Gasteiger partial charge in [0, 0.05) is 36.2 Å². The molecule has 0 fully saturated rings. The SMILES string of the molecule is CNC(CSC(C)(C)C)Cc1ccn(C)n1. The predicted molar refractivity (Wildman–Crippen MR) is 72.0 cm³/mol. The van der Waals surface area contributed by atoms with Crippen LogP contribution in [0.25, 0.3) is 0 Å². The second-order valence-corrected chi connectivity index (χ2v) is 6.94. The Bertz CT molecular complexity index is 314. The van der Waals surface area contributed by atoms with E-state index < -0.39 is 0 Å². The molecule has 0 spiro atoms. The summed E-state index contributed by atoms with van der Waals surface area (Å²) in [6.07, 6.45) is 3.00. The summed E-state index contributed by atoms with van der Waals surface area (Å²) in [5.74, 6) is 1.12. The van der Waals surface area contributed by atoms with Gasteiger partial charge in [0.1, 0.15) is 0 Å². The smallest absolute Gasteiger partial charge is 0.0640 e. The first-order chi connectivity index (χ1) is 7.40. The van der Waals surface area contributed by atoms with Crippen molar-refractivity contribution in [3.8, 4) is 0 Å². The first kappa shape index (κ1) is 13.6. The van der Waals surface area contributed by atoms with Gasteiger partial charge in [-0.1, -0.05) is 20.8 Å². The molecule has 1 aromatic heterocycles. The summed E-state index contributed by atoms with van der Waals surface area (Å²) in [5.41, 5.74) is 1.16. The molecule has 0 aliphatic rings. The van der Waals surface area contributed by atoms with Gasteiger partial charge in [-0.3, -0.25) is 4.68 Å². The van der Waals surface area contributed by atoms with Gasteiger partial charge in [0.25, 0.3) is 0 Å². The average Bonchev–Trinajstić information content (AvgIpc) is 2.57. The molecule has 92 valence electrons. The Labute approximate surface area is 103 Å². The van der Waals surface area contributed by atoms with Gasteiger partial charge in [-0.25, -0.2) is 0 Å². The molecule has 16 heavy (non-hydrogen) atoms. The third-order valence-corrected chi connectivity index (χ3v) is 3.79. The summed E-state index contributed by atoms with van der Waals surface area (Å²) in [5, 5.41) is 7.77. The highest BCUT2D eigenvalue weighted by atomic mass is 32.2. The molecule has 0 aromatic carbocycles. The third kappa shape index (κ3) is 5.03. The van der Waals surface area contributed by atoms with Gasteiger partial charge >= 0.3 is 0 Å². The molecular formula is C12H23N3S. The minimum absolute atomic E-state index is 0.333. The van der Waals surface area contributed by atoms with Crippen molar-refractivity contribution in [2.45, 2.75) is 38.0 Å². The Kier molecular flexibility index (Phi) is 4.87. The Morgan fingerprint density at radius 3 is 2.62 bits per heavy atom. The Morgan fingerprint density at radius 1 is 1.50 bits per heavy atom. The van der Waals surface area contributed by atoms with E-state index in [4.69, 9.17) is 0 Å². The van der Waals surface area contributed by atoms with Gasteiger partial charge < -0.3 is 5.32 Å². The summed E-state index contributed by atoms with van der Waals surface area (Å²) in [7, 11) is 3.98. The molecule has 0 aliphatic heterocycles. The van der Waals surface area contributed by atoms with Crippen LogP contribution in [0.2, 0.25) is 0 Å². The fraction of sp³-hybridized carbons (Fsp3) is 0.750. The van der Waals surface area contributed by atoms with Crippen LogP contribution in [0.4, 0.5) is 0 Å². The molecule has 4 heteroatoms. The summed E-state index contributed by atoms with van der Waals surface area (Å²) >= 11 is 2.00. The highest BCUT2D eigenvalue weighted by Gasteiger charge is 2.15. The van der Waals surface area contributed by atoms with Gasteiger partial charge in [0.2, 0.25) is 0 Å². The highest BCUT2D eigenvalue weighted by Crippen LogP contribution is 2.24. The Hall–Kier alpha value is -0.480. The molecule has 0 amide bonds. The van der Waals surface area contributed by atoms with Crippen molar-refractivity contribution in [1.29, 1.82) is 0 Å². The molecule has 1 rings (SSSR count). The largest absolute Gasteiger partial charge is 0.316 e. The van der Waals surface area contributed by atoms with Crippen LogP contribution in [0.1, 0.15) is 26.5 Å². The average molecular weight is 241 g/mol. The summed E-state index contributed by atoms with van der Waals surface area (Å²) < 4.78 is 2.19. The zero-order valence-electron chi connectivity index (χ0n) is 10.9. The maximum Gasteiger partial charge on any atom is 0.0640 e. The molecule has 0 radical (unpaired) electrons. The second-order valence-electron chi connectivity index (χ2n) is 5.09. The maximum absolute atomic E-state index is 4.41. The number of hydrogen-bond donors (Lipinski definition) is 1. The molecule has 1 N–H and O–H groups in total. The lowest BCUT2D eigenvalue weighted by Crippen LogP contribution is -2.31. The van der Waals surface area contributed by atoms with Crippen LogP contribution in [-0.2, 0) is 13.5 Å². The molecule has 0 saturated heterocycles. The van der Waals surface area contributed by atoms with Gasteiger partial charge in [-0.2, -0.15) is 16.9 Å². The lowest BCUT2D eigenvalue weighted by Gasteiger charge is -2.22. The lowest BCUT2D eigenvalue weighted by atomic mass is 10.2. The summed E-state index contributed by atoms with van der Waals surface area (Å²) in [6.45, 7) is 6.77. The van der Waals surface area contributed by atoms with Crippen LogP contribution in [-0.4, -0.2) is 33.4 Å². The van der Waals surface area contributed by atoms with E-state index in [0.717, 1.165) is 17.9 Å². The number of aromatic nitrogens is 2. The number of hydrogen-bond acceptors (Lipinski definition) is 3. The van der Waals surface area contributed by atoms with E-state index in [9.17, 15) is 0 Å². The van der Waals surface area contributed by atoms with Gasteiger partial charge in [-0.05, 0) is 13.1 Å². The fourth-order valence-electron chi connectivity index (χ4n) is 1.42. The number of thioether (sulfide) groups is 1. The summed E-state index contributed by atoms with van der Waals surface area (Å²) in [4.78, 5) is 0. The lowest BCUT2D eigenvalue weighted by molar-refractivity contribution is 0.597. The third-order valence-electron chi connectivity index (χ3n) is 2.35. The standard InChI is InChI=1S/C12H23N3S/c1-12(2,3)16-9-11(13-4)8-10-6-7-15(5)14-10/h6-7,11,13H,8-9H2,1-5H3. The first-order valence-electron chi connectivity index (χ1n) is 5.70. The first-order valence-corrected chi connectivity index (χ1v) is 6.69. The van der Waals surface area contributed by atoms with Crippen LogP contribution in [0.3, 0.4) is 0 Å². The Balaban J connectivity index is 2.43.